The van der Waals surface area contributed by atoms with Gasteiger partial charge in [0.2, 0.25) is 0 Å². The van der Waals surface area contributed by atoms with E-state index in [4.69, 9.17) is 15.2 Å². The van der Waals surface area contributed by atoms with Crippen LogP contribution in [0.15, 0.2) is 35.3 Å². The van der Waals surface area contributed by atoms with Crippen molar-refractivity contribution in [2.24, 2.45) is 10.7 Å². The van der Waals surface area contributed by atoms with E-state index in [-0.39, 0.29) is 16.6 Å². The number of amides is 1. The predicted molar refractivity (Wildman–Crippen MR) is 89.9 cm³/mol. The number of rotatable bonds is 3. The maximum absolute atomic E-state index is 14.3. The molecule has 1 aromatic carbocycles. The van der Waals surface area contributed by atoms with Gasteiger partial charge < -0.3 is 15.2 Å². The fraction of sp³-hybridized carbons (Fsp3) is 0.250. The normalized spacial score (nSPS) is 19.7. The van der Waals surface area contributed by atoms with Crippen molar-refractivity contribution >= 4 is 29.1 Å². The number of nitrogens with zero attached hydrogens (tertiary/aromatic N) is 1. The highest BCUT2D eigenvalue weighted by molar-refractivity contribution is 7.12. The van der Waals surface area contributed by atoms with Crippen molar-refractivity contribution < 1.29 is 23.0 Å². The smallest absolute Gasteiger partial charge is 0.417 e. The van der Waals surface area contributed by atoms with Crippen molar-refractivity contribution in [3.63, 3.8) is 0 Å². The molecule has 25 heavy (non-hydrogen) atoms. The third-order valence-corrected chi connectivity index (χ3v) is 4.48. The summed E-state index contributed by atoms with van der Waals surface area (Å²) in [5, 5.41) is 2.13. The summed E-state index contributed by atoms with van der Waals surface area (Å²) in [4.78, 5) is 16.1. The van der Waals surface area contributed by atoms with Crippen molar-refractivity contribution in [1.29, 1.82) is 0 Å². The minimum atomic E-state index is -0.898. The Labute approximate surface area is 146 Å². The van der Waals surface area contributed by atoms with Crippen LogP contribution in [-0.2, 0) is 10.3 Å². The number of aliphatic imine (C=N–C) groups is 1. The Morgan fingerprint density at radius 2 is 2.20 bits per heavy atom. The van der Waals surface area contributed by atoms with E-state index in [0.29, 0.717) is 30.1 Å². The molecular weight excluding hydrogens is 352 g/mol. The largest absolute Gasteiger partial charge is 0.465 e. The Morgan fingerprint density at radius 3 is 2.88 bits per heavy atom. The van der Waals surface area contributed by atoms with Gasteiger partial charge in [-0.3, -0.25) is 5.32 Å². The first-order valence-corrected chi connectivity index (χ1v) is 8.20. The number of thiophene rings is 1. The summed E-state index contributed by atoms with van der Waals surface area (Å²) in [6, 6.07) is 6.61. The van der Waals surface area contributed by atoms with E-state index in [1.165, 1.54) is 30.3 Å². The van der Waals surface area contributed by atoms with Crippen LogP contribution in [0.5, 0.6) is 5.06 Å². The number of hydrogen-bond acceptors (Lipinski definition) is 6. The lowest BCUT2D eigenvalue weighted by molar-refractivity contribution is 0.214. The van der Waals surface area contributed by atoms with Crippen LogP contribution in [0.4, 0.5) is 19.3 Å². The van der Waals surface area contributed by atoms with Gasteiger partial charge >= 0.3 is 6.09 Å². The summed E-state index contributed by atoms with van der Waals surface area (Å²) in [6.07, 6.45) is -0.368. The number of nitrogens with two attached hydrogens (primary N) is 1. The molecule has 0 bridgehead atoms. The minimum Gasteiger partial charge on any atom is -0.465 e. The van der Waals surface area contributed by atoms with Crippen LogP contribution < -0.4 is 15.8 Å². The molecule has 0 fully saturated rings. The molecule has 3 rings (SSSR count). The van der Waals surface area contributed by atoms with Crippen molar-refractivity contribution in [2.75, 3.05) is 11.9 Å². The first kappa shape index (κ1) is 17.2. The van der Waals surface area contributed by atoms with Gasteiger partial charge in [-0.25, -0.2) is 14.2 Å². The molecule has 132 valence electrons. The van der Waals surface area contributed by atoms with Crippen LogP contribution in [0.25, 0.3) is 0 Å². The number of carbonyl (C=O) groups is 1. The monoisotopic (exact) mass is 367 g/mol. The van der Waals surface area contributed by atoms with Gasteiger partial charge in [0.1, 0.15) is 5.82 Å². The Morgan fingerprint density at radius 1 is 1.40 bits per heavy atom. The van der Waals surface area contributed by atoms with Crippen LogP contribution in [-0.4, -0.2) is 18.7 Å². The molecule has 0 unspecified atom stereocenters. The molecule has 0 saturated heterocycles. The van der Waals surface area contributed by atoms with E-state index in [1.54, 1.807) is 6.92 Å². The van der Waals surface area contributed by atoms with E-state index < -0.39 is 22.6 Å². The van der Waals surface area contributed by atoms with Gasteiger partial charge in [0, 0.05) is 17.7 Å². The molecule has 1 aliphatic rings. The topological polar surface area (TPSA) is 85.9 Å². The van der Waals surface area contributed by atoms with Gasteiger partial charge in [-0.1, -0.05) is 11.3 Å². The van der Waals surface area contributed by atoms with Crippen LogP contribution in [0.3, 0.4) is 0 Å². The number of benzene rings is 1. The molecule has 0 spiro atoms. The van der Waals surface area contributed by atoms with Crippen LogP contribution >= 0.6 is 11.3 Å². The van der Waals surface area contributed by atoms with E-state index in [1.807, 2.05) is 0 Å². The number of ether oxygens (including phenoxy) is 2. The van der Waals surface area contributed by atoms with Crippen molar-refractivity contribution in [1.82, 2.24) is 0 Å². The van der Waals surface area contributed by atoms with Gasteiger partial charge in [0.25, 0.3) is 6.02 Å². The highest BCUT2D eigenvalue weighted by atomic mass is 32.1. The Balaban J connectivity index is 1.79. The zero-order valence-corrected chi connectivity index (χ0v) is 14.0. The lowest BCUT2D eigenvalue weighted by Crippen LogP contribution is -2.34. The quantitative estimate of drug-likeness (QED) is 0.868. The third kappa shape index (κ3) is 3.87. The Kier molecular flexibility index (Phi) is 4.58. The van der Waals surface area contributed by atoms with E-state index in [2.05, 4.69) is 10.3 Å². The Bertz CT molecular complexity index is 840. The zero-order valence-electron chi connectivity index (χ0n) is 13.2. The summed E-state index contributed by atoms with van der Waals surface area (Å²) >= 11 is 0.699. The second-order valence-corrected chi connectivity index (χ2v) is 6.59. The predicted octanol–water partition coefficient (Wildman–Crippen LogP) is 3.59. The van der Waals surface area contributed by atoms with Crippen molar-refractivity contribution in [3.8, 4) is 5.06 Å². The molecule has 3 N–H and O–H groups in total. The molecule has 0 aliphatic carbocycles. The molecule has 0 saturated carbocycles. The van der Waals surface area contributed by atoms with Crippen LogP contribution in [0.2, 0.25) is 0 Å². The first-order chi connectivity index (χ1) is 11.9. The average Bonchev–Trinajstić information content (AvgIpc) is 2.93. The minimum absolute atomic E-state index is 0.00866. The molecule has 2 heterocycles. The molecule has 1 amide bonds. The molecule has 9 heteroatoms. The number of nitrogens with one attached hydrogen (secondary N) is 1. The summed E-state index contributed by atoms with van der Waals surface area (Å²) < 4.78 is 37.2. The summed E-state index contributed by atoms with van der Waals surface area (Å²) in [7, 11) is 0. The standard InChI is InChI=1S/C16H15F2N3O3S/c1-16(6-7-23-14(19)21-16)10-8-9(2-3-11(10)17)20-15(22)24-13-5-4-12(18)25-13/h2-5,8H,6-7H2,1H3,(H2,19,21)(H,20,22)/t16-/m0/s1. The molecule has 1 atom stereocenters. The number of anilines is 1. The van der Waals surface area contributed by atoms with Crippen molar-refractivity contribution in [2.45, 2.75) is 18.9 Å². The maximum atomic E-state index is 14.3. The molecule has 6 nitrogen and oxygen atoms in total. The van der Waals surface area contributed by atoms with E-state index in [9.17, 15) is 13.6 Å². The van der Waals surface area contributed by atoms with Crippen LogP contribution in [0.1, 0.15) is 18.9 Å². The van der Waals surface area contributed by atoms with E-state index in [0.717, 1.165) is 0 Å². The van der Waals surface area contributed by atoms with Gasteiger partial charge in [0.15, 0.2) is 10.2 Å². The lowest BCUT2D eigenvalue weighted by atomic mass is 9.88. The number of amidine groups is 1. The number of hydrogen-bond donors (Lipinski definition) is 2. The Hall–Kier alpha value is -2.68. The highest BCUT2D eigenvalue weighted by Gasteiger charge is 2.33. The lowest BCUT2D eigenvalue weighted by Gasteiger charge is -2.30. The summed E-state index contributed by atoms with van der Waals surface area (Å²) in [5.41, 5.74) is 5.29. The SMILES string of the molecule is C[C@@]1(c2cc(NC(=O)Oc3ccc(F)s3)ccc2F)CCOC(N)=N1. The van der Waals surface area contributed by atoms with Crippen molar-refractivity contribution in [3.05, 3.63) is 46.8 Å². The zero-order chi connectivity index (χ0) is 18.0. The molecule has 0 radical (unpaired) electrons. The fourth-order valence-corrected chi connectivity index (χ4v) is 3.07. The second kappa shape index (κ2) is 6.67. The van der Waals surface area contributed by atoms with Gasteiger partial charge in [0.05, 0.1) is 12.1 Å². The average molecular weight is 367 g/mol. The molecular formula is C16H15F2N3O3S. The summed E-state index contributed by atoms with van der Waals surface area (Å²) in [5.74, 6) is -0.472. The highest BCUT2D eigenvalue weighted by Crippen LogP contribution is 2.35. The van der Waals surface area contributed by atoms with E-state index >= 15 is 0 Å². The second-order valence-electron chi connectivity index (χ2n) is 5.59. The first-order valence-electron chi connectivity index (χ1n) is 7.38. The third-order valence-electron chi connectivity index (χ3n) is 3.73. The van der Waals surface area contributed by atoms with Crippen LogP contribution in [0, 0.1) is 10.9 Å². The maximum Gasteiger partial charge on any atom is 0.417 e. The number of halogens is 2. The number of carbonyl (C=O) groups excluding carboxylic acids is 1. The molecule has 1 aromatic heterocycles. The molecule has 2 aromatic rings. The van der Waals surface area contributed by atoms with Gasteiger partial charge in [-0.2, -0.15) is 4.39 Å². The fourth-order valence-electron chi connectivity index (χ4n) is 2.48. The van der Waals surface area contributed by atoms with Gasteiger partial charge in [-0.05, 0) is 37.3 Å². The van der Waals surface area contributed by atoms with Gasteiger partial charge in [-0.15, -0.1) is 0 Å². The summed E-state index contributed by atoms with van der Waals surface area (Å²) in [6.45, 7) is 2.05. The molecule has 1 aliphatic heterocycles.